The molecule has 3 aliphatic carbocycles. The van der Waals surface area contributed by atoms with Crippen LogP contribution in [0.1, 0.15) is 78.4 Å². The van der Waals surface area contributed by atoms with E-state index in [1.165, 1.54) is 7.11 Å². The first-order valence-corrected chi connectivity index (χ1v) is 13.5. The van der Waals surface area contributed by atoms with E-state index in [0.29, 0.717) is 19.3 Å². The molecule has 0 spiro atoms. The van der Waals surface area contributed by atoms with Crippen molar-refractivity contribution in [3.8, 4) is 0 Å². The normalized spacial score (nSPS) is 47.1. The van der Waals surface area contributed by atoms with Crippen LogP contribution < -0.4 is 0 Å². The van der Waals surface area contributed by atoms with Crippen LogP contribution in [0.4, 0.5) is 0 Å². The number of ether oxygens (including phenoxy) is 4. The zero-order chi connectivity index (χ0) is 27.5. The number of hydrogen-bond acceptors (Lipinski definition) is 9. The lowest BCUT2D eigenvalue weighted by atomic mass is 9.37. The zero-order valence-corrected chi connectivity index (χ0v) is 22.9. The molecule has 2 saturated carbocycles. The van der Waals surface area contributed by atoms with E-state index in [4.69, 9.17) is 23.4 Å². The number of carbonyl (C=O) groups is 2. The van der Waals surface area contributed by atoms with E-state index in [2.05, 4.69) is 6.92 Å². The van der Waals surface area contributed by atoms with E-state index < -0.39 is 58.0 Å². The van der Waals surface area contributed by atoms with E-state index in [1.54, 1.807) is 19.5 Å². The van der Waals surface area contributed by atoms with Gasteiger partial charge in [-0.15, -0.1) is 0 Å². The molecule has 6 rings (SSSR count). The summed E-state index contributed by atoms with van der Waals surface area (Å²) < 4.78 is 28.7. The molecular weight excluding hydrogens is 492 g/mol. The molecule has 0 amide bonds. The maximum absolute atomic E-state index is 13.0. The summed E-state index contributed by atoms with van der Waals surface area (Å²) in [6, 6.07) is 1.83. The van der Waals surface area contributed by atoms with Crippen LogP contribution in [0.3, 0.4) is 0 Å². The summed E-state index contributed by atoms with van der Waals surface area (Å²) in [5, 5.41) is 24.8. The summed E-state index contributed by atoms with van der Waals surface area (Å²) in [6.45, 7) is 9.59. The average Bonchev–Trinajstić information content (AvgIpc) is 3.37. The third-order valence-electron chi connectivity index (χ3n) is 11.1. The van der Waals surface area contributed by atoms with Crippen molar-refractivity contribution >= 4 is 11.9 Å². The molecule has 2 aliphatic heterocycles. The van der Waals surface area contributed by atoms with E-state index in [-0.39, 0.29) is 24.7 Å². The van der Waals surface area contributed by atoms with Crippen molar-refractivity contribution in [3.05, 3.63) is 35.3 Å². The van der Waals surface area contributed by atoms with Crippen molar-refractivity contribution in [3.63, 3.8) is 0 Å². The molecule has 9 heteroatoms. The highest BCUT2D eigenvalue weighted by Crippen LogP contribution is 2.75. The Morgan fingerprint density at radius 2 is 1.87 bits per heavy atom. The van der Waals surface area contributed by atoms with E-state index in [0.717, 1.165) is 16.7 Å². The lowest BCUT2D eigenvalue weighted by Gasteiger charge is -2.74. The molecule has 0 radical (unpaired) electrons. The van der Waals surface area contributed by atoms with E-state index in [1.807, 2.05) is 26.8 Å². The number of hydrogen-bond donors (Lipinski definition) is 2. The molecule has 38 heavy (non-hydrogen) atoms. The Bertz CT molecular complexity index is 1200. The fraction of sp³-hybridized carbons (Fsp3) is 0.724. The van der Waals surface area contributed by atoms with Crippen molar-refractivity contribution in [2.75, 3.05) is 7.11 Å². The first-order chi connectivity index (χ1) is 17.7. The first kappa shape index (κ1) is 26.0. The van der Waals surface area contributed by atoms with Gasteiger partial charge in [-0.3, -0.25) is 9.59 Å². The monoisotopic (exact) mass is 530 g/mol. The lowest BCUT2D eigenvalue weighted by molar-refractivity contribution is -0.532. The summed E-state index contributed by atoms with van der Waals surface area (Å²) >= 11 is 0. The van der Waals surface area contributed by atoms with Crippen molar-refractivity contribution in [2.24, 2.45) is 34.0 Å². The van der Waals surface area contributed by atoms with Crippen LogP contribution in [0.2, 0.25) is 0 Å². The molecule has 1 aromatic heterocycles. The Morgan fingerprint density at radius 1 is 1.16 bits per heavy atom. The molecule has 9 atom stereocenters. The van der Waals surface area contributed by atoms with Gasteiger partial charge in [-0.05, 0) is 49.7 Å². The number of aliphatic hydroxyl groups is 2. The maximum Gasteiger partial charge on any atom is 0.310 e. The molecule has 9 nitrogen and oxygen atoms in total. The second-order valence-electron chi connectivity index (χ2n) is 12.9. The molecule has 2 saturated heterocycles. The quantitative estimate of drug-likeness (QED) is 0.441. The number of rotatable bonds is 3. The summed E-state index contributed by atoms with van der Waals surface area (Å²) in [5.41, 5.74) is 0.446. The van der Waals surface area contributed by atoms with E-state index in [9.17, 15) is 19.8 Å². The molecule has 4 bridgehead atoms. The average molecular weight is 531 g/mol. The molecule has 5 unspecified atom stereocenters. The van der Waals surface area contributed by atoms with Crippen LogP contribution in [-0.4, -0.2) is 47.1 Å². The highest BCUT2D eigenvalue weighted by atomic mass is 16.8. The Hall–Kier alpha value is -2.20. The number of furan rings is 1. The smallest absolute Gasteiger partial charge is 0.310 e. The Morgan fingerprint density at radius 3 is 2.53 bits per heavy atom. The fourth-order valence-corrected chi connectivity index (χ4v) is 9.20. The lowest BCUT2D eigenvalue weighted by Crippen LogP contribution is -2.82. The van der Waals surface area contributed by atoms with Crippen LogP contribution in [0.15, 0.2) is 34.2 Å². The second-order valence-corrected chi connectivity index (χ2v) is 12.9. The highest BCUT2D eigenvalue weighted by Gasteiger charge is 2.81. The second kappa shape index (κ2) is 7.93. The van der Waals surface area contributed by atoms with Crippen molar-refractivity contribution in [1.82, 2.24) is 0 Å². The SMILES string of the molecule is COC(=O)C[C@H]1C(C)(C)C2(O)OC(C)OC3(O)C2CC2=C4CC(=O)O[C@@H](c5ccoc5)[C@]4(C)CCC2[C@]13C. The third-order valence-corrected chi connectivity index (χ3v) is 11.1. The van der Waals surface area contributed by atoms with Gasteiger partial charge in [-0.1, -0.05) is 33.3 Å². The predicted molar refractivity (Wildman–Crippen MR) is 132 cm³/mol. The molecule has 208 valence electrons. The van der Waals surface area contributed by atoms with Gasteiger partial charge in [0.1, 0.15) is 6.10 Å². The summed E-state index contributed by atoms with van der Waals surface area (Å²) in [5.74, 6) is -5.85. The first-order valence-electron chi connectivity index (χ1n) is 13.5. The van der Waals surface area contributed by atoms with Crippen LogP contribution >= 0.6 is 0 Å². The van der Waals surface area contributed by atoms with Gasteiger partial charge in [0.05, 0.1) is 32.0 Å². The van der Waals surface area contributed by atoms with Crippen molar-refractivity contribution in [2.45, 2.75) is 90.7 Å². The molecule has 0 aromatic carbocycles. The molecule has 3 heterocycles. The van der Waals surface area contributed by atoms with Crippen LogP contribution in [0, 0.1) is 34.0 Å². The van der Waals surface area contributed by atoms with Gasteiger partial charge in [0, 0.05) is 28.2 Å². The van der Waals surface area contributed by atoms with Gasteiger partial charge in [-0.2, -0.15) is 0 Å². The number of allylic oxidation sites excluding steroid dienone is 1. The van der Waals surface area contributed by atoms with Crippen molar-refractivity contribution < 1.29 is 43.2 Å². The van der Waals surface area contributed by atoms with E-state index >= 15 is 0 Å². The highest BCUT2D eigenvalue weighted by molar-refractivity contribution is 5.76. The zero-order valence-electron chi connectivity index (χ0n) is 22.9. The summed E-state index contributed by atoms with van der Waals surface area (Å²) in [7, 11) is 1.34. The molecular formula is C29H38O9. The Balaban J connectivity index is 1.58. The minimum Gasteiger partial charge on any atom is -0.472 e. The summed E-state index contributed by atoms with van der Waals surface area (Å²) in [4.78, 5) is 25.8. The van der Waals surface area contributed by atoms with Gasteiger partial charge in [0.2, 0.25) is 0 Å². The standard InChI is InChI=1S/C29H38O9/c1-15-37-28(32)21-11-17-18(27(5,29(21,33)38-15)20(25(28,2)3)13-22(30)34-6)7-9-26(4)19(17)12-23(31)36-24(26)16-8-10-35-14-16/h8,10,14-15,18,20-21,24,32-33H,7,9,11-13H2,1-6H3/t15?,18?,20-,21?,24-,26+,27+,28?,29?/m0/s1. The Labute approximate surface area is 222 Å². The third kappa shape index (κ3) is 2.96. The largest absolute Gasteiger partial charge is 0.472 e. The fourth-order valence-electron chi connectivity index (χ4n) is 9.20. The van der Waals surface area contributed by atoms with Gasteiger partial charge in [0.25, 0.3) is 0 Å². The number of methoxy groups -OCH3 is 1. The number of fused-ring (bicyclic) bond motifs is 3. The minimum absolute atomic E-state index is 0.0193. The topological polar surface area (TPSA) is 125 Å². The minimum atomic E-state index is -1.79. The molecule has 4 fully saturated rings. The summed E-state index contributed by atoms with van der Waals surface area (Å²) in [6.07, 6.45) is 3.67. The van der Waals surface area contributed by atoms with Crippen molar-refractivity contribution in [1.29, 1.82) is 0 Å². The van der Waals surface area contributed by atoms with Crippen LogP contribution in [0.25, 0.3) is 0 Å². The maximum atomic E-state index is 13.0. The molecule has 2 N–H and O–H groups in total. The predicted octanol–water partition coefficient (Wildman–Crippen LogP) is 4.00. The van der Waals surface area contributed by atoms with Crippen LogP contribution in [0.5, 0.6) is 0 Å². The van der Waals surface area contributed by atoms with Gasteiger partial charge >= 0.3 is 11.9 Å². The van der Waals surface area contributed by atoms with Crippen LogP contribution in [-0.2, 0) is 28.5 Å². The molecule has 1 aromatic rings. The van der Waals surface area contributed by atoms with Gasteiger partial charge in [0.15, 0.2) is 17.9 Å². The number of carbonyl (C=O) groups excluding carboxylic acids is 2. The Kier molecular flexibility index (Phi) is 5.44. The molecule has 5 aliphatic rings. The number of esters is 2. The van der Waals surface area contributed by atoms with Gasteiger partial charge in [-0.25, -0.2) is 0 Å². The number of cyclic esters (lactones) is 1. The van der Waals surface area contributed by atoms with Gasteiger partial charge < -0.3 is 33.6 Å².